The molecule has 0 atom stereocenters. The van der Waals surface area contributed by atoms with Crippen molar-refractivity contribution in [1.82, 2.24) is 14.8 Å². The Bertz CT molecular complexity index is 1770. The lowest BCUT2D eigenvalue weighted by molar-refractivity contribution is -0.111. The zero-order chi connectivity index (χ0) is 30.9. The molecule has 0 aliphatic heterocycles. The van der Waals surface area contributed by atoms with Crippen molar-refractivity contribution >= 4 is 41.0 Å². The van der Waals surface area contributed by atoms with Crippen LogP contribution < -0.4 is 20.1 Å². The van der Waals surface area contributed by atoms with Gasteiger partial charge in [0.2, 0.25) is 5.91 Å². The number of anilines is 2. The van der Waals surface area contributed by atoms with E-state index in [1.165, 1.54) is 6.08 Å². The zero-order valence-electron chi connectivity index (χ0n) is 24.5. The Hall–Kier alpha value is -5.35. The average Bonchev–Trinajstić information content (AvgIpc) is 3.43. The summed E-state index contributed by atoms with van der Waals surface area (Å²) in [5.74, 6) is 2.08. The molecule has 1 heterocycles. The van der Waals surface area contributed by atoms with Gasteiger partial charge in [0, 0.05) is 41.8 Å². The molecule has 0 spiro atoms. The lowest BCUT2D eigenvalue weighted by atomic mass is 10.1. The highest BCUT2D eigenvalue weighted by molar-refractivity contribution is 7.98. The van der Waals surface area contributed by atoms with Crippen LogP contribution in [0, 0.1) is 0 Å². The van der Waals surface area contributed by atoms with E-state index < -0.39 is 0 Å². The summed E-state index contributed by atoms with van der Waals surface area (Å²) >= 11 is 1.55. The smallest absolute Gasteiger partial charge is 0.255 e. The molecule has 10 heteroatoms. The molecule has 0 unspecified atom stereocenters. The molecule has 2 amide bonds. The number of thioether (sulfide) groups is 1. The van der Waals surface area contributed by atoms with Gasteiger partial charge in [-0.25, -0.2) is 0 Å². The number of amides is 2. The number of benzene rings is 4. The van der Waals surface area contributed by atoms with Crippen molar-refractivity contribution < 1.29 is 19.1 Å². The maximum atomic E-state index is 12.9. The van der Waals surface area contributed by atoms with E-state index in [-0.39, 0.29) is 11.8 Å². The molecule has 0 saturated heterocycles. The molecule has 2 N–H and O–H groups in total. The fraction of sp³-hybridized carbons (Fsp3) is 0.118. The van der Waals surface area contributed by atoms with Crippen LogP contribution >= 0.6 is 11.8 Å². The number of ether oxygens (including phenoxy) is 2. The van der Waals surface area contributed by atoms with Gasteiger partial charge in [0.15, 0.2) is 11.0 Å². The number of aromatic nitrogens is 3. The Morgan fingerprint density at radius 3 is 2.32 bits per heavy atom. The summed E-state index contributed by atoms with van der Waals surface area (Å²) in [4.78, 5) is 25.2. The average molecular weight is 606 g/mol. The Morgan fingerprint density at radius 1 is 0.864 bits per heavy atom. The van der Waals surface area contributed by atoms with E-state index in [2.05, 4.69) is 20.8 Å². The van der Waals surface area contributed by atoms with Gasteiger partial charge in [0.05, 0.1) is 19.9 Å². The predicted octanol–water partition coefficient (Wildman–Crippen LogP) is 6.70. The van der Waals surface area contributed by atoms with Crippen molar-refractivity contribution in [2.24, 2.45) is 7.05 Å². The lowest BCUT2D eigenvalue weighted by Crippen LogP contribution is -2.12. The predicted molar refractivity (Wildman–Crippen MR) is 174 cm³/mol. The van der Waals surface area contributed by atoms with Crippen molar-refractivity contribution in [3.8, 4) is 22.9 Å². The van der Waals surface area contributed by atoms with Crippen molar-refractivity contribution in [3.05, 3.63) is 120 Å². The molecule has 4 aromatic carbocycles. The van der Waals surface area contributed by atoms with E-state index in [0.717, 1.165) is 21.8 Å². The van der Waals surface area contributed by atoms with Gasteiger partial charge in [-0.05, 0) is 65.7 Å². The molecule has 0 saturated carbocycles. The Kier molecular flexibility index (Phi) is 9.73. The number of carbonyl (C=O) groups excluding carboxylic acids is 2. The maximum absolute atomic E-state index is 12.9. The van der Waals surface area contributed by atoms with Crippen LogP contribution in [0.1, 0.15) is 21.5 Å². The molecule has 0 aliphatic carbocycles. The summed E-state index contributed by atoms with van der Waals surface area (Å²) in [5.41, 5.74) is 4.62. The number of rotatable bonds is 11. The molecule has 222 valence electrons. The van der Waals surface area contributed by atoms with Crippen LogP contribution in [0.3, 0.4) is 0 Å². The summed E-state index contributed by atoms with van der Waals surface area (Å²) in [6.07, 6.45) is 3.28. The van der Waals surface area contributed by atoms with Gasteiger partial charge in [-0.3, -0.25) is 9.59 Å². The molecule has 44 heavy (non-hydrogen) atoms. The first-order valence-corrected chi connectivity index (χ1v) is 14.7. The number of nitrogens with zero attached hydrogens (tertiary/aromatic N) is 3. The molecular weight excluding hydrogens is 574 g/mol. The Morgan fingerprint density at radius 2 is 1.61 bits per heavy atom. The number of hydrogen-bond acceptors (Lipinski definition) is 7. The van der Waals surface area contributed by atoms with Gasteiger partial charge in [0.25, 0.3) is 5.91 Å². The standard InChI is InChI=1S/C34H31N5O4S/c1-39-32(25-14-16-27(17-15-25)35-31(40)20-11-23-7-5-4-6-8-23)37-38-34(39)44-22-24-9-12-26(13-10-24)33(41)36-29-21-28(42-2)18-19-30(29)43-3/h4-21H,22H2,1-3H3,(H,35,40)(H,36,41)/b20-11+. The summed E-state index contributed by atoms with van der Waals surface area (Å²) in [5, 5.41) is 15.3. The van der Waals surface area contributed by atoms with E-state index >= 15 is 0 Å². The highest BCUT2D eigenvalue weighted by atomic mass is 32.2. The number of methoxy groups -OCH3 is 2. The molecule has 5 aromatic rings. The largest absolute Gasteiger partial charge is 0.497 e. The van der Waals surface area contributed by atoms with Crippen LogP contribution in [0.2, 0.25) is 0 Å². The van der Waals surface area contributed by atoms with Gasteiger partial charge < -0.3 is 24.7 Å². The number of carbonyl (C=O) groups is 2. The normalized spacial score (nSPS) is 10.9. The van der Waals surface area contributed by atoms with Crippen molar-refractivity contribution in [3.63, 3.8) is 0 Å². The van der Waals surface area contributed by atoms with E-state index in [1.54, 1.807) is 62.4 Å². The van der Waals surface area contributed by atoms with E-state index in [1.807, 2.05) is 78.3 Å². The Labute approximate surface area is 259 Å². The summed E-state index contributed by atoms with van der Waals surface area (Å²) in [6.45, 7) is 0. The van der Waals surface area contributed by atoms with E-state index in [9.17, 15) is 9.59 Å². The molecule has 0 aliphatic rings. The summed E-state index contributed by atoms with van der Waals surface area (Å²) < 4.78 is 12.5. The molecule has 1 aromatic heterocycles. The second kappa shape index (κ2) is 14.2. The van der Waals surface area contributed by atoms with Crippen LogP contribution in [0.15, 0.2) is 108 Å². The SMILES string of the molecule is COc1ccc(OC)c(NC(=O)c2ccc(CSc3nnc(-c4ccc(NC(=O)/C=C/c5ccccc5)cc4)n3C)cc2)c1. The van der Waals surface area contributed by atoms with E-state index in [0.29, 0.717) is 40.0 Å². The maximum Gasteiger partial charge on any atom is 0.255 e. The third kappa shape index (κ3) is 7.53. The molecule has 0 radical (unpaired) electrons. The fourth-order valence-electron chi connectivity index (χ4n) is 4.32. The van der Waals surface area contributed by atoms with Crippen molar-refractivity contribution in [2.75, 3.05) is 24.9 Å². The third-order valence-corrected chi connectivity index (χ3v) is 7.80. The van der Waals surface area contributed by atoms with Gasteiger partial charge in [-0.2, -0.15) is 0 Å². The van der Waals surface area contributed by atoms with Crippen molar-refractivity contribution in [2.45, 2.75) is 10.9 Å². The van der Waals surface area contributed by atoms with Crippen LogP contribution in [0.4, 0.5) is 11.4 Å². The molecule has 5 rings (SSSR count). The molecule has 0 bridgehead atoms. The summed E-state index contributed by atoms with van der Waals surface area (Å²) in [7, 11) is 5.04. The minimum absolute atomic E-state index is 0.204. The first kappa shape index (κ1) is 30.1. The molecule has 9 nitrogen and oxygen atoms in total. The minimum atomic E-state index is -0.247. The quantitative estimate of drug-likeness (QED) is 0.128. The van der Waals surface area contributed by atoms with Crippen LogP contribution in [-0.4, -0.2) is 40.8 Å². The highest BCUT2D eigenvalue weighted by Gasteiger charge is 2.14. The first-order valence-electron chi connectivity index (χ1n) is 13.7. The zero-order valence-corrected chi connectivity index (χ0v) is 25.3. The second-order valence-corrected chi connectivity index (χ2v) is 10.6. The van der Waals surface area contributed by atoms with Gasteiger partial charge in [-0.15, -0.1) is 10.2 Å². The topological polar surface area (TPSA) is 107 Å². The van der Waals surface area contributed by atoms with Gasteiger partial charge in [-0.1, -0.05) is 54.2 Å². The second-order valence-electron chi connectivity index (χ2n) is 9.68. The van der Waals surface area contributed by atoms with Gasteiger partial charge >= 0.3 is 0 Å². The minimum Gasteiger partial charge on any atom is -0.497 e. The summed E-state index contributed by atoms with van der Waals surface area (Å²) in [6, 6.07) is 29.8. The fourth-order valence-corrected chi connectivity index (χ4v) is 5.19. The third-order valence-electron chi connectivity index (χ3n) is 6.71. The van der Waals surface area contributed by atoms with Crippen LogP contribution in [0.25, 0.3) is 17.5 Å². The lowest BCUT2D eigenvalue weighted by Gasteiger charge is -2.12. The van der Waals surface area contributed by atoms with Crippen molar-refractivity contribution in [1.29, 1.82) is 0 Å². The molecular formula is C34H31N5O4S. The van der Waals surface area contributed by atoms with Crippen LogP contribution in [-0.2, 0) is 17.6 Å². The van der Waals surface area contributed by atoms with Crippen LogP contribution in [0.5, 0.6) is 11.5 Å². The first-order chi connectivity index (χ1) is 21.4. The molecule has 0 fully saturated rings. The highest BCUT2D eigenvalue weighted by Crippen LogP contribution is 2.30. The van der Waals surface area contributed by atoms with Gasteiger partial charge in [0.1, 0.15) is 11.5 Å². The number of nitrogens with one attached hydrogen (secondary N) is 2. The Balaban J connectivity index is 1.16. The number of hydrogen-bond donors (Lipinski definition) is 2. The van der Waals surface area contributed by atoms with E-state index in [4.69, 9.17) is 9.47 Å². The monoisotopic (exact) mass is 605 g/mol.